The summed E-state index contributed by atoms with van der Waals surface area (Å²) in [4.78, 5) is 39.0. The molecule has 2 aromatic carbocycles. The number of amides is 3. The van der Waals surface area contributed by atoms with Crippen molar-refractivity contribution in [2.24, 2.45) is 0 Å². The first kappa shape index (κ1) is 23.6. The van der Waals surface area contributed by atoms with Crippen LogP contribution >= 0.6 is 0 Å². The molecule has 8 nitrogen and oxygen atoms in total. The number of ether oxygens (including phenoxy) is 2. The summed E-state index contributed by atoms with van der Waals surface area (Å²) in [6, 6.07) is 6.85. The van der Waals surface area contributed by atoms with E-state index in [9.17, 15) is 23.2 Å². The smallest absolute Gasteiger partial charge is 0.257 e. The van der Waals surface area contributed by atoms with Crippen molar-refractivity contribution in [1.82, 2.24) is 10.2 Å². The van der Waals surface area contributed by atoms with E-state index in [0.29, 0.717) is 24.7 Å². The van der Waals surface area contributed by atoms with Crippen LogP contribution in [0.5, 0.6) is 5.75 Å². The lowest BCUT2D eigenvalue weighted by Crippen LogP contribution is -2.53. The molecule has 0 saturated carbocycles. The van der Waals surface area contributed by atoms with Crippen molar-refractivity contribution in [3.63, 3.8) is 0 Å². The highest BCUT2D eigenvalue weighted by Gasteiger charge is 2.39. The van der Waals surface area contributed by atoms with Crippen LogP contribution in [0, 0.1) is 11.6 Å². The second kappa shape index (κ2) is 9.76. The Morgan fingerprint density at radius 3 is 2.56 bits per heavy atom. The van der Waals surface area contributed by atoms with Crippen molar-refractivity contribution in [2.75, 3.05) is 26.0 Å². The molecule has 3 amide bonds. The molecule has 0 aliphatic carbocycles. The Morgan fingerprint density at radius 1 is 1.12 bits per heavy atom. The SMILES string of the molecule is CNC(=O)C[C@H]1CC[C@@H]2[C@@H](COc3ccc(NC(=O)c4cc(F)cc(F)c4)cc3C(=O)N2C)O1. The Labute approximate surface area is 195 Å². The molecule has 0 unspecified atom stereocenters. The normalized spacial score (nSPS) is 21.9. The number of hydrogen-bond donors (Lipinski definition) is 2. The Morgan fingerprint density at radius 2 is 1.85 bits per heavy atom. The van der Waals surface area contributed by atoms with E-state index in [-0.39, 0.29) is 53.8 Å². The first-order chi connectivity index (χ1) is 16.2. The van der Waals surface area contributed by atoms with Gasteiger partial charge >= 0.3 is 0 Å². The predicted molar refractivity (Wildman–Crippen MR) is 119 cm³/mol. The van der Waals surface area contributed by atoms with Gasteiger partial charge in [-0.05, 0) is 43.2 Å². The van der Waals surface area contributed by atoms with Crippen LogP contribution in [0.25, 0.3) is 0 Å². The fourth-order valence-corrected chi connectivity index (χ4v) is 4.30. The van der Waals surface area contributed by atoms with Gasteiger partial charge < -0.3 is 25.0 Å². The zero-order valence-electron chi connectivity index (χ0n) is 18.8. The number of anilines is 1. The maximum atomic E-state index is 13.5. The van der Waals surface area contributed by atoms with Gasteiger partial charge in [0.1, 0.15) is 30.1 Å². The third-order valence-electron chi connectivity index (χ3n) is 6.09. The number of carbonyl (C=O) groups excluding carboxylic acids is 3. The van der Waals surface area contributed by atoms with Crippen molar-refractivity contribution in [2.45, 2.75) is 37.5 Å². The standard InChI is InChI=1S/C24H25F2N3O5/c1-27-22(30)11-17-4-5-19-21(34-17)12-33-20-6-3-16(10-18(20)24(32)29(19)2)28-23(31)13-7-14(25)9-15(26)8-13/h3,6-10,17,19,21H,4-5,11-12H2,1-2H3,(H,27,30)(H,28,31)/t17-,19-,21-/m1/s1. The summed E-state index contributed by atoms with van der Waals surface area (Å²) in [5.41, 5.74) is 0.343. The molecule has 2 aliphatic rings. The van der Waals surface area contributed by atoms with Gasteiger partial charge in [-0.25, -0.2) is 8.78 Å². The largest absolute Gasteiger partial charge is 0.490 e. The first-order valence-electron chi connectivity index (χ1n) is 10.9. The molecule has 0 aromatic heterocycles. The lowest BCUT2D eigenvalue weighted by Gasteiger charge is -2.42. The molecular formula is C24H25F2N3O5. The topological polar surface area (TPSA) is 97.0 Å². The van der Waals surface area contributed by atoms with E-state index in [1.165, 1.54) is 12.1 Å². The molecule has 0 spiro atoms. The van der Waals surface area contributed by atoms with E-state index in [1.54, 1.807) is 25.1 Å². The highest BCUT2D eigenvalue weighted by Crippen LogP contribution is 2.32. The molecule has 0 bridgehead atoms. The van der Waals surface area contributed by atoms with Gasteiger partial charge in [0, 0.05) is 31.4 Å². The van der Waals surface area contributed by atoms with Crippen LogP contribution in [0.2, 0.25) is 0 Å². The predicted octanol–water partition coefficient (Wildman–Crippen LogP) is 2.73. The minimum absolute atomic E-state index is 0.111. The van der Waals surface area contributed by atoms with Crippen molar-refractivity contribution >= 4 is 23.4 Å². The van der Waals surface area contributed by atoms with Crippen LogP contribution in [-0.4, -0.2) is 61.6 Å². The first-order valence-corrected chi connectivity index (χ1v) is 10.9. The van der Waals surface area contributed by atoms with Gasteiger partial charge in [0.05, 0.1) is 24.1 Å². The summed E-state index contributed by atoms with van der Waals surface area (Å²) in [5, 5.41) is 5.15. The Kier molecular flexibility index (Phi) is 6.78. The fourth-order valence-electron chi connectivity index (χ4n) is 4.30. The van der Waals surface area contributed by atoms with Gasteiger partial charge in [0.15, 0.2) is 0 Å². The lowest BCUT2D eigenvalue weighted by molar-refractivity contribution is -0.133. The molecule has 2 aliphatic heterocycles. The van der Waals surface area contributed by atoms with E-state index >= 15 is 0 Å². The highest BCUT2D eigenvalue weighted by atomic mass is 19.1. The number of hydrogen-bond acceptors (Lipinski definition) is 5. The average Bonchev–Trinajstić information content (AvgIpc) is 2.81. The van der Waals surface area contributed by atoms with E-state index < -0.39 is 23.6 Å². The third-order valence-corrected chi connectivity index (χ3v) is 6.09. The molecule has 180 valence electrons. The summed E-state index contributed by atoms with van der Waals surface area (Å²) < 4.78 is 38.9. The van der Waals surface area contributed by atoms with Gasteiger partial charge in [0.25, 0.3) is 11.8 Å². The molecular weight excluding hydrogens is 448 g/mol. The number of benzene rings is 2. The minimum atomic E-state index is -0.865. The monoisotopic (exact) mass is 473 g/mol. The number of nitrogens with one attached hydrogen (secondary N) is 2. The van der Waals surface area contributed by atoms with Crippen LogP contribution in [0.1, 0.15) is 40.0 Å². The summed E-state index contributed by atoms with van der Waals surface area (Å²) in [6.07, 6.45) is 0.866. The number of rotatable bonds is 4. The van der Waals surface area contributed by atoms with Crippen LogP contribution in [0.3, 0.4) is 0 Å². The van der Waals surface area contributed by atoms with E-state index in [4.69, 9.17) is 9.47 Å². The molecule has 1 fully saturated rings. The average molecular weight is 473 g/mol. The number of likely N-dealkylation sites (N-methyl/N-ethyl adjacent to an activating group) is 1. The maximum Gasteiger partial charge on any atom is 0.257 e. The molecule has 2 heterocycles. The van der Waals surface area contributed by atoms with Gasteiger partial charge in [-0.1, -0.05) is 0 Å². The number of carbonyl (C=O) groups is 3. The third kappa shape index (κ3) is 5.01. The van der Waals surface area contributed by atoms with Gasteiger partial charge in [0.2, 0.25) is 5.91 Å². The van der Waals surface area contributed by atoms with Crippen LogP contribution in [0.4, 0.5) is 14.5 Å². The van der Waals surface area contributed by atoms with Crippen LogP contribution in [0.15, 0.2) is 36.4 Å². The Bertz CT molecular complexity index is 1110. The maximum absolute atomic E-state index is 13.5. The summed E-state index contributed by atoms with van der Waals surface area (Å²) in [7, 11) is 3.25. The summed E-state index contributed by atoms with van der Waals surface area (Å²) in [6.45, 7) is 0.188. The second-order valence-electron chi connectivity index (χ2n) is 8.37. The molecule has 2 N–H and O–H groups in total. The van der Waals surface area contributed by atoms with Crippen LogP contribution < -0.4 is 15.4 Å². The zero-order valence-corrected chi connectivity index (χ0v) is 18.8. The molecule has 3 atom stereocenters. The minimum Gasteiger partial charge on any atom is -0.490 e. The lowest BCUT2D eigenvalue weighted by atomic mass is 9.94. The molecule has 10 heteroatoms. The Balaban J connectivity index is 1.52. The van der Waals surface area contributed by atoms with E-state index in [2.05, 4.69) is 10.6 Å². The fraction of sp³-hybridized carbons (Fsp3) is 0.375. The van der Waals surface area contributed by atoms with Crippen molar-refractivity contribution in [3.05, 3.63) is 59.2 Å². The Hall–Kier alpha value is -3.53. The molecule has 34 heavy (non-hydrogen) atoms. The zero-order chi connectivity index (χ0) is 24.4. The highest BCUT2D eigenvalue weighted by molar-refractivity contribution is 6.05. The molecule has 4 rings (SSSR count). The quantitative estimate of drug-likeness (QED) is 0.712. The molecule has 2 aromatic rings. The van der Waals surface area contributed by atoms with E-state index in [0.717, 1.165) is 12.1 Å². The van der Waals surface area contributed by atoms with Crippen molar-refractivity contribution in [3.8, 4) is 5.75 Å². The van der Waals surface area contributed by atoms with Gasteiger partial charge in [-0.15, -0.1) is 0 Å². The van der Waals surface area contributed by atoms with Crippen molar-refractivity contribution in [1.29, 1.82) is 0 Å². The number of nitrogens with zero attached hydrogens (tertiary/aromatic N) is 1. The van der Waals surface area contributed by atoms with Gasteiger partial charge in [-0.2, -0.15) is 0 Å². The summed E-state index contributed by atoms with van der Waals surface area (Å²) in [5.74, 6) is -2.55. The van der Waals surface area contributed by atoms with Crippen molar-refractivity contribution < 1.29 is 32.6 Å². The number of fused-ring (bicyclic) bond motifs is 2. The second-order valence-corrected chi connectivity index (χ2v) is 8.37. The van der Waals surface area contributed by atoms with E-state index in [1.807, 2.05) is 0 Å². The number of halogens is 2. The summed E-state index contributed by atoms with van der Waals surface area (Å²) >= 11 is 0. The van der Waals surface area contributed by atoms with Gasteiger partial charge in [-0.3, -0.25) is 14.4 Å². The van der Waals surface area contributed by atoms with Crippen LogP contribution in [-0.2, 0) is 9.53 Å². The molecule has 1 saturated heterocycles. The molecule has 0 radical (unpaired) electrons.